The second-order valence-electron chi connectivity index (χ2n) is 33.4. The van der Waals surface area contributed by atoms with E-state index in [0.29, 0.717) is 142 Å². The van der Waals surface area contributed by atoms with Crippen molar-refractivity contribution in [2.45, 2.75) is 195 Å². The lowest BCUT2D eigenvalue weighted by Crippen LogP contribution is -2.55. The summed E-state index contributed by atoms with van der Waals surface area (Å²) in [6.07, 6.45) is 8.40. The monoisotopic (exact) mass is 1730 g/mol. The number of thiophene rings is 4. The Hall–Kier alpha value is -8.09. The van der Waals surface area contributed by atoms with Gasteiger partial charge in [0, 0.05) is 77.2 Å². The van der Waals surface area contributed by atoms with Gasteiger partial charge in [0.1, 0.15) is 37.6 Å². The van der Waals surface area contributed by atoms with E-state index in [0.717, 1.165) is 38.4 Å². The molecule has 0 spiro atoms. The summed E-state index contributed by atoms with van der Waals surface area (Å²) in [6.45, 7) is 44.2. The molecule has 0 aromatic carbocycles. The van der Waals surface area contributed by atoms with Gasteiger partial charge in [0.25, 0.3) is 0 Å². The van der Waals surface area contributed by atoms with Crippen LogP contribution in [-0.4, -0.2) is 192 Å². The van der Waals surface area contributed by atoms with Crippen molar-refractivity contribution in [2.24, 2.45) is 45.3 Å². The first-order valence-electron chi connectivity index (χ1n) is 39.6. The second kappa shape index (κ2) is 44.1. The Morgan fingerprint density at radius 3 is 1.16 bits per heavy atom. The zero-order chi connectivity index (χ0) is 86.3. The van der Waals surface area contributed by atoms with Crippen molar-refractivity contribution in [2.75, 3.05) is 115 Å². The number of rotatable bonds is 18. The number of morpholine rings is 3. The van der Waals surface area contributed by atoms with Gasteiger partial charge in [0.15, 0.2) is 0 Å². The van der Waals surface area contributed by atoms with Crippen LogP contribution < -0.4 is 15.1 Å². The Balaban J connectivity index is 0.000000249. The number of carbonyl (C=O) groups excluding carboxylic acids is 8. The predicted octanol–water partition coefficient (Wildman–Crippen LogP) is 16.4. The number of aromatic carboxylic acids is 1. The molecule has 0 bridgehead atoms. The van der Waals surface area contributed by atoms with Crippen LogP contribution >= 0.6 is 61.3 Å². The molecule has 116 heavy (non-hydrogen) atoms. The summed E-state index contributed by atoms with van der Waals surface area (Å²) < 4.78 is 31.6. The molecule has 2 aliphatic carbocycles. The fraction of sp³-hybridized carbons (Fsp3) is 0.584. The van der Waals surface area contributed by atoms with Gasteiger partial charge in [-0.3, -0.25) is 33.8 Å². The normalized spacial score (nSPS) is 18.3. The van der Waals surface area contributed by atoms with Crippen molar-refractivity contribution in [1.82, 2.24) is 14.7 Å². The van der Waals surface area contributed by atoms with Gasteiger partial charge in [0.2, 0.25) is 29.5 Å². The smallest absolute Gasteiger partial charge is 0.350 e. The van der Waals surface area contributed by atoms with Gasteiger partial charge in [-0.25, -0.2) is 19.2 Å². The first kappa shape index (κ1) is 96.7. The van der Waals surface area contributed by atoms with Gasteiger partial charge in [-0.05, 0) is 194 Å². The van der Waals surface area contributed by atoms with Crippen LogP contribution in [0.3, 0.4) is 0 Å². The van der Waals surface area contributed by atoms with Crippen LogP contribution in [0.1, 0.15) is 235 Å². The number of ether oxygens (including phenoxy) is 6. The van der Waals surface area contributed by atoms with Gasteiger partial charge in [0.05, 0.1) is 97.5 Å². The van der Waals surface area contributed by atoms with Crippen molar-refractivity contribution in [3.8, 4) is 47.4 Å². The SMILES string of the molecule is CC[C@@H](C(=O)N1CCOCC1)N(C(=O)C1CC=C(C)C[C@@H]1C)c1cc(C#CC(C)(C)C)sc1C(=O)O.CC[C@@H](C(=O)N1CCOCC1)N(C(=O)C1CC=C(C)C[C@@H]1C)c1cc(C#CC(C)(C)C)sc1C(=O)OC.CC[C@H](Nc1cc(C#CC(C)(C)C)sc1C(=O)OC)C(=O)N1CCOCC1.COC(=O)c1sc(C#CC(C)(C)C)cc1Br. The predicted molar refractivity (Wildman–Crippen MR) is 466 cm³/mol. The van der Waals surface area contributed by atoms with E-state index in [-0.39, 0.29) is 96.3 Å². The molecule has 632 valence electrons. The highest BCUT2D eigenvalue weighted by Gasteiger charge is 2.44. The number of halogens is 1. The number of anilines is 3. The highest BCUT2D eigenvalue weighted by Crippen LogP contribution is 2.41. The van der Waals surface area contributed by atoms with Crippen LogP contribution in [0.25, 0.3) is 0 Å². The van der Waals surface area contributed by atoms with Gasteiger partial charge in [-0.1, -0.05) is 105 Å². The lowest BCUT2D eigenvalue weighted by molar-refractivity contribution is -0.139. The lowest BCUT2D eigenvalue weighted by Gasteiger charge is -2.38. The number of hydrogen-bond donors (Lipinski definition) is 2. The Morgan fingerprint density at radius 1 is 0.491 bits per heavy atom. The van der Waals surface area contributed by atoms with Crippen LogP contribution in [0, 0.1) is 92.7 Å². The van der Waals surface area contributed by atoms with Crippen LogP contribution in [0.15, 0.2) is 52.0 Å². The Morgan fingerprint density at radius 2 is 0.810 bits per heavy atom. The number of nitrogens with zero attached hydrogens (tertiary/aromatic N) is 5. The number of nitrogens with one attached hydrogen (secondary N) is 1. The number of esters is 3. The topological polar surface area (TPSA) is 257 Å². The average molecular weight is 1740 g/mol. The molecule has 7 heterocycles. The molecular formula is C89H119BrN6O16S4. The zero-order valence-corrected chi connectivity index (χ0v) is 76.6. The maximum absolute atomic E-state index is 14.3. The number of carboxylic acid groups (broad SMARTS) is 1. The van der Waals surface area contributed by atoms with E-state index in [2.05, 4.69) is 106 Å². The van der Waals surface area contributed by atoms with Crippen molar-refractivity contribution >= 4 is 132 Å². The molecule has 7 atom stereocenters. The van der Waals surface area contributed by atoms with E-state index >= 15 is 0 Å². The molecule has 3 saturated heterocycles. The summed E-state index contributed by atoms with van der Waals surface area (Å²) >= 11 is 8.19. The number of methoxy groups -OCH3 is 3. The van der Waals surface area contributed by atoms with Crippen LogP contribution in [0.2, 0.25) is 0 Å². The molecule has 2 unspecified atom stereocenters. The van der Waals surface area contributed by atoms with Gasteiger partial charge in [-0.2, -0.15) is 0 Å². The summed E-state index contributed by atoms with van der Waals surface area (Å²) in [4.78, 5) is 130. The number of carbonyl (C=O) groups is 9. The average Bonchev–Trinajstić information content (AvgIpc) is 1.56. The van der Waals surface area contributed by atoms with Gasteiger partial charge < -0.3 is 53.5 Å². The minimum Gasteiger partial charge on any atom is -0.477 e. The molecule has 22 nitrogen and oxygen atoms in total. The maximum Gasteiger partial charge on any atom is 0.350 e. The molecule has 27 heteroatoms. The first-order valence-corrected chi connectivity index (χ1v) is 43.7. The fourth-order valence-electron chi connectivity index (χ4n) is 13.1. The Kier molecular flexibility index (Phi) is 36.8. The fourth-order valence-corrected chi connectivity index (χ4v) is 17.3. The summed E-state index contributed by atoms with van der Waals surface area (Å²) in [6, 6.07) is 5.16. The molecule has 0 saturated carbocycles. The quantitative estimate of drug-likeness (QED) is 0.0406. The van der Waals surface area contributed by atoms with Gasteiger partial charge in [-0.15, -0.1) is 45.3 Å². The highest BCUT2D eigenvalue weighted by molar-refractivity contribution is 9.10. The largest absolute Gasteiger partial charge is 0.477 e. The zero-order valence-electron chi connectivity index (χ0n) is 71.8. The van der Waals surface area contributed by atoms with Crippen LogP contribution in [-0.2, 0) is 52.4 Å². The van der Waals surface area contributed by atoms with E-state index < -0.39 is 36.0 Å². The number of carboxylic acids is 1. The van der Waals surface area contributed by atoms with Crippen LogP contribution in [0.5, 0.6) is 0 Å². The number of hydrogen-bond acceptors (Lipinski definition) is 20. The summed E-state index contributed by atoms with van der Waals surface area (Å²) in [5.41, 5.74) is 3.12. The molecule has 5 amide bonds. The standard InChI is InChI=1S/C29H40N2O5S.C28H38N2O5S.C20H28N2O4S.C12H13BrO2S/c1-8-23(27(33)30-13-15-36-16-14-30)31(26(32)22-10-9-19(2)17-20(22)3)24-18-21(11-12-29(4,5)6)37-25(24)28(34)35-7;1-7-22(26(32)29-12-14-35-15-13-29)30(25(31)21-9-8-18(2)16-19(21)3)23-17-20(10-11-28(4,5)6)36-24(23)27(33)34;1-6-15(18(23)22-9-11-26-12-10-22)21-16-13-14(7-8-20(2,3)4)27-17(16)19(24)25-5;1-12(2,3)6-5-8-7-9(13)10(16-8)11(14)15-4/h9,18,20,22-23H,8,10,13-17H2,1-7H3;8,17,19,21-22H,7,9,12-16H2,1-6H3,(H,33,34);13,15,21H,6,9-12H2,1-5H3;7H,1-4H3/t20-,22?,23-;19-,21?,22-;15-;/m000./s1. The highest BCUT2D eigenvalue weighted by atomic mass is 79.9. The second-order valence-corrected chi connectivity index (χ2v) is 38.5. The molecule has 3 aliphatic heterocycles. The minimum atomic E-state index is -1.13. The molecule has 3 fully saturated rings. The number of allylic oxidation sites excluding steroid dienone is 4. The minimum absolute atomic E-state index is 0.0186. The molecule has 5 aliphatic rings. The van der Waals surface area contributed by atoms with Crippen molar-refractivity contribution in [3.05, 3.63) is 91.1 Å². The third kappa shape index (κ3) is 28.6. The maximum atomic E-state index is 14.3. The van der Waals surface area contributed by atoms with E-state index in [9.17, 15) is 48.3 Å². The Bertz CT molecular complexity index is 4470. The molecule has 2 N–H and O–H groups in total. The van der Waals surface area contributed by atoms with Gasteiger partial charge >= 0.3 is 23.9 Å². The van der Waals surface area contributed by atoms with Crippen molar-refractivity contribution in [3.63, 3.8) is 0 Å². The van der Waals surface area contributed by atoms with Crippen LogP contribution in [0.4, 0.5) is 17.1 Å². The Labute approximate surface area is 712 Å². The lowest BCUT2D eigenvalue weighted by atomic mass is 9.80. The van der Waals surface area contributed by atoms with E-state index in [1.165, 1.54) is 71.4 Å². The molecule has 4 aromatic heterocycles. The summed E-state index contributed by atoms with van der Waals surface area (Å²) in [7, 11) is 4.04. The number of amides is 5. The first-order chi connectivity index (χ1) is 54.5. The van der Waals surface area contributed by atoms with Crippen molar-refractivity contribution in [1.29, 1.82) is 0 Å². The van der Waals surface area contributed by atoms with Crippen molar-refractivity contribution < 1.29 is 76.7 Å². The summed E-state index contributed by atoms with van der Waals surface area (Å²) in [5, 5.41) is 13.3. The van der Waals surface area contributed by atoms with E-state index in [4.69, 9.17) is 23.7 Å². The van der Waals surface area contributed by atoms with E-state index in [1.807, 2.05) is 123 Å². The molecule has 9 rings (SSSR count). The molecule has 4 aromatic rings. The van der Waals surface area contributed by atoms with E-state index in [1.54, 1.807) is 31.7 Å². The molecule has 0 radical (unpaired) electrons. The molecular weight excluding hydrogens is 1620 g/mol. The summed E-state index contributed by atoms with van der Waals surface area (Å²) in [5.74, 6) is 21.6. The third-order valence-electron chi connectivity index (χ3n) is 19.1. The third-order valence-corrected chi connectivity index (χ3v) is 24.1.